The first-order valence-electron chi connectivity index (χ1n) is 5.99. The summed E-state index contributed by atoms with van der Waals surface area (Å²) in [5, 5.41) is 3.37. The van der Waals surface area contributed by atoms with Gasteiger partial charge < -0.3 is 14.8 Å². The van der Waals surface area contributed by atoms with Crippen LogP contribution in [0.2, 0.25) is 0 Å². The van der Waals surface area contributed by atoms with Gasteiger partial charge in [0.05, 0.1) is 25.4 Å². The third kappa shape index (κ3) is 11.8. The normalized spacial score (nSPS) is 13.8. The molecule has 15 heavy (non-hydrogen) atoms. The summed E-state index contributed by atoms with van der Waals surface area (Å²) in [5.41, 5.74) is 0. The van der Waals surface area contributed by atoms with E-state index in [1.54, 1.807) is 0 Å². The zero-order valence-corrected chi connectivity index (χ0v) is 10.9. The summed E-state index contributed by atoms with van der Waals surface area (Å²) in [7, 11) is 0. The molecule has 1 unspecified atom stereocenters. The summed E-state index contributed by atoms with van der Waals surface area (Å²) in [6.07, 6.45) is 1.67. The molecule has 0 heterocycles. The average Bonchev–Trinajstić information content (AvgIpc) is 2.11. The van der Waals surface area contributed by atoms with Crippen molar-refractivity contribution in [3.8, 4) is 0 Å². The topological polar surface area (TPSA) is 30.5 Å². The van der Waals surface area contributed by atoms with Crippen LogP contribution < -0.4 is 5.32 Å². The van der Waals surface area contributed by atoms with Gasteiger partial charge in [-0.05, 0) is 33.7 Å². The van der Waals surface area contributed by atoms with Gasteiger partial charge in [0, 0.05) is 6.04 Å². The van der Waals surface area contributed by atoms with Crippen molar-refractivity contribution in [2.24, 2.45) is 0 Å². The molecule has 0 aliphatic heterocycles. The number of ether oxygens (including phenoxy) is 2. The molecule has 0 saturated carbocycles. The predicted octanol–water partition coefficient (Wildman–Crippen LogP) is 2.20. The molecule has 1 N–H and O–H groups in total. The minimum absolute atomic E-state index is 0.298. The fourth-order valence-corrected chi connectivity index (χ4v) is 1.19. The van der Waals surface area contributed by atoms with E-state index < -0.39 is 0 Å². The second-order valence-corrected chi connectivity index (χ2v) is 4.50. The van der Waals surface area contributed by atoms with Crippen LogP contribution in [0.4, 0.5) is 0 Å². The molecule has 0 radical (unpaired) electrons. The van der Waals surface area contributed by atoms with Crippen LogP contribution in [0, 0.1) is 0 Å². The Morgan fingerprint density at radius 1 is 0.933 bits per heavy atom. The highest BCUT2D eigenvalue weighted by molar-refractivity contribution is 4.57. The standard InChI is InChI=1S/C12H27NO2/c1-10(2)13-7-6-12(5)15-9-8-14-11(3)4/h10-13H,6-9H2,1-5H3. The van der Waals surface area contributed by atoms with Crippen LogP contribution in [0.25, 0.3) is 0 Å². The lowest BCUT2D eigenvalue weighted by atomic mass is 10.2. The molecule has 0 aliphatic rings. The van der Waals surface area contributed by atoms with Crippen molar-refractivity contribution >= 4 is 0 Å². The highest BCUT2D eigenvalue weighted by Crippen LogP contribution is 1.97. The molecule has 0 spiro atoms. The Labute approximate surface area is 94.5 Å². The van der Waals surface area contributed by atoms with Crippen LogP contribution in [0.3, 0.4) is 0 Å². The zero-order chi connectivity index (χ0) is 11.7. The molecule has 0 rings (SSSR count). The number of hydrogen-bond donors (Lipinski definition) is 1. The maximum atomic E-state index is 5.61. The van der Waals surface area contributed by atoms with Gasteiger partial charge in [-0.2, -0.15) is 0 Å². The largest absolute Gasteiger partial charge is 0.376 e. The molecule has 0 saturated heterocycles. The van der Waals surface area contributed by atoms with E-state index in [4.69, 9.17) is 9.47 Å². The molecule has 1 atom stereocenters. The number of hydrogen-bond acceptors (Lipinski definition) is 3. The maximum Gasteiger partial charge on any atom is 0.0704 e. The van der Waals surface area contributed by atoms with Crippen molar-refractivity contribution in [1.82, 2.24) is 5.32 Å². The van der Waals surface area contributed by atoms with E-state index in [0.717, 1.165) is 13.0 Å². The van der Waals surface area contributed by atoms with E-state index in [1.165, 1.54) is 0 Å². The van der Waals surface area contributed by atoms with Gasteiger partial charge in [0.2, 0.25) is 0 Å². The van der Waals surface area contributed by atoms with E-state index in [2.05, 4.69) is 26.1 Å². The molecule has 0 bridgehead atoms. The molecular weight excluding hydrogens is 190 g/mol. The Morgan fingerprint density at radius 3 is 2.07 bits per heavy atom. The van der Waals surface area contributed by atoms with Gasteiger partial charge >= 0.3 is 0 Å². The molecule has 0 aromatic rings. The SMILES string of the molecule is CC(C)NCCC(C)OCCOC(C)C. The molecule has 0 aliphatic carbocycles. The maximum absolute atomic E-state index is 5.61. The second-order valence-electron chi connectivity index (χ2n) is 4.50. The number of nitrogens with one attached hydrogen (secondary N) is 1. The third-order valence-electron chi connectivity index (χ3n) is 2.04. The van der Waals surface area contributed by atoms with Crippen molar-refractivity contribution in [3.05, 3.63) is 0 Å². The number of rotatable bonds is 9. The molecular formula is C12H27NO2. The summed E-state index contributed by atoms with van der Waals surface area (Å²) in [6.45, 7) is 12.9. The molecule has 0 aromatic heterocycles. The third-order valence-corrected chi connectivity index (χ3v) is 2.04. The first-order chi connectivity index (χ1) is 7.02. The Balaban J connectivity index is 3.22. The average molecular weight is 217 g/mol. The van der Waals surface area contributed by atoms with Gasteiger partial charge in [-0.3, -0.25) is 0 Å². The summed E-state index contributed by atoms with van der Waals surface area (Å²) < 4.78 is 11.0. The van der Waals surface area contributed by atoms with E-state index >= 15 is 0 Å². The molecule has 92 valence electrons. The van der Waals surface area contributed by atoms with Gasteiger partial charge in [0.1, 0.15) is 0 Å². The Bertz CT molecular complexity index is 138. The van der Waals surface area contributed by atoms with E-state index in [0.29, 0.717) is 31.5 Å². The Kier molecular flexibility index (Phi) is 9.06. The summed E-state index contributed by atoms with van der Waals surface area (Å²) in [5.74, 6) is 0. The van der Waals surface area contributed by atoms with Crippen molar-refractivity contribution in [3.63, 3.8) is 0 Å². The van der Waals surface area contributed by atoms with Crippen molar-refractivity contribution in [1.29, 1.82) is 0 Å². The summed E-state index contributed by atoms with van der Waals surface area (Å²) >= 11 is 0. The van der Waals surface area contributed by atoms with Crippen LogP contribution in [0.1, 0.15) is 41.0 Å². The highest BCUT2D eigenvalue weighted by Gasteiger charge is 2.02. The van der Waals surface area contributed by atoms with Gasteiger partial charge in [-0.15, -0.1) is 0 Å². The molecule has 0 aromatic carbocycles. The lowest BCUT2D eigenvalue weighted by Crippen LogP contribution is -2.27. The molecule has 0 amide bonds. The van der Waals surface area contributed by atoms with Crippen LogP contribution in [-0.2, 0) is 9.47 Å². The minimum Gasteiger partial charge on any atom is -0.376 e. The van der Waals surface area contributed by atoms with Crippen molar-refractivity contribution < 1.29 is 9.47 Å². The first kappa shape index (κ1) is 14.9. The van der Waals surface area contributed by atoms with Gasteiger partial charge in [-0.25, -0.2) is 0 Å². The van der Waals surface area contributed by atoms with Crippen molar-refractivity contribution in [2.75, 3.05) is 19.8 Å². The fraction of sp³-hybridized carbons (Fsp3) is 1.00. The van der Waals surface area contributed by atoms with Crippen LogP contribution in [0.5, 0.6) is 0 Å². The van der Waals surface area contributed by atoms with E-state index in [1.807, 2.05) is 13.8 Å². The monoisotopic (exact) mass is 217 g/mol. The predicted molar refractivity (Wildman–Crippen MR) is 64.3 cm³/mol. The minimum atomic E-state index is 0.298. The zero-order valence-electron chi connectivity index (χ0n) is 10.9. The van der Waals surface area contributed by atoms with Gasteiger partial charge in [0.15, 0.2) is 0 Å². The highest BCUT2D eigenvalue weighted by atomic mass is 16.5. The van der Waals surface area contributed by atoms with Crippen LogP contribution >= 0.6 is 0 Å². The molecule has 0 fully saturated rings. The second kappa shape index (κ2) is 9.13. The Morgan fingerprint density at radius 2 is 1.53 bits per heavy atom. The lowest BCUT2D eigenvalue weighted by molar-refractivity contribution is -0.00879. The molecule has 3 heteroatoms. The van der Waals surface area contributed by atoms with Gasteiger partial charge in [-0.1, -0.05) is 13.8 Å². The first-order valence-corrected chi connectivity index (χ1v) is 5.99. The summed E-state index contributed by atoms with van der Waals surface area (Å²) in [4.78, 5) is 0. The fourth-order valence-electron chi connectivity index (χ4n) is 1.19. The van der Waals surface area contributed by atoms with Crippen molar-refractivity contribution in [2.45, 2.75) is 59.3 Å². The molecule has 3 nitrogen and oxygen atoms in total. The van der Waals surface area contributed by atoms with Crippen LogP contribution in [-0.4, -0.2) is 38.0 Å². The summed E-state index contributed by atoms with van der Waals surface area (Å²) in [6, 6.07) is 0.557. The smallest absolute Gasteiger partial charge is 0.0704 e. The van der Waals surface area contributed by atoms with E-state index in [-0.39, 0.29) is 0 Å². The quantitative estimate of drug-likeness (QED) is 0.601. The van der Waals surface area contributed by atoms with Crippen LogP contribution in [0.15, 0.2) is 0 Å². The van der Waals surface area contributed by atoms with E-state index in [9.17, 15) is 0 Å². The lowest BCUT2D eigenvalue weighted by Gasteiger charge is -2.15. The van der Waals surface area contributed by atoms with Gasteiger partial charge in [0.25, 0.3) is 0 Å². The Hall–Kier alpha value is -0.120.